The minimum absolute atomic E-state index is 0.125. The molecule has 0 amide bonds. The molecule has 3 aromatic heterocycles. The first-order valence-electron chi connectivity index (χ1n) is 20.3. The fourth-order valence-corrected chi connectivity index (χ4v) is 8.69. The number of rotatable bonds is 6. The summed E-state index contributed by atoms with van der Waals surface area (Å²) in [4.78, 5) is 14.9. The molecule has 64 heavy (non-hydrogen) atoms. The van der Waals surface area contributed by atoms with Crippen LogP contribution in [0.25, 0.3) is 100 Å². The number of aromatic nitrogens is 5. The Morgan fingerprint density at radius 1 is 0.328 bits per heavy atom. The Morgan fingerprint density at radius 2 is 0.781 bits per heavy atom. The van der Waals surface area contributed by atoms with Crippen LogP contribution in [0.15, 0.2) is 188 Å². The molecule has 0 fully saturated rings. The number of hydrogen-bond acceptors (Lipinski definition) is 3. The summed E-state index contributed by atoms with van der Waals surface area (Å²) in [6.07, 6.45) is -10.1. The van der Waals surface area contributed by atoms with E-state index in [9.17, 15) is 26.3 Å². The minimum atomic E-state index is -5.04. The SMILES string of the molecule is FC(F)(F)c1cc(-c2ccc(-c3nc(-c4ccccc4)nc(-c4ccccc4)n3)c(-n3c4ccccc4c4ccc(-n5c6ccccc6c6ccccc65)cc43)c2)cc(C(F)(F)F)c1. The number of alkyl halides is 6. The first-order valence-corrected chi connectivity index (χ1v) is 20.3. The van der Waals surface area contributed by atoms with Crippen LogP contribution in [0.2, 0.25) is 0 Å². The van der Waals surface area contributed by atoms with Crippen molar-refractivity contribution in [3.05, 3.63) is 199 Å². The Labute approximate surface area is 361 Å². The van der Waals surface area contributed by atoms with E-state index in [1.807, 2.05) is 120 Å². The lowest BCUT2D eigenvalue weighted by Gasteiger charge is -2.18. The normalized spacial score (nSPS) is 12.2. The highest BCUT2D eigenvalue weighted by molar-refractivity contribution is 6.12. The quantitative estimate of drug-likeness (QED) is 0.157. The maximum absolute atomic E-state index is 14.3. The minimum Gasteiger partial charge on any atom is -0.309 e. The zero-order valence-corrected chi connectivity index (χ0v) is 33.4. The van der Waals surface area contributed by atoms with Crippen molar-refractivity contribution in [3.63, 3.8) is 0 Å². The van der Waals surface area contributed by atoms with Crippen LogP contribution in [0.1, 0.15) is 11.1 Å². The molecule has 0 bridgehead atoms. The Balaban J connectivity index is 1.24. The van der Waals surface area contributed by atoms with Gasteiger partial charge in [-0.3, -0.25) is 0 Å². The first kappa shape index (κ1) is 38.8. The average Bonchev–Trinajstić information content (AvgIpc) is 3.83. The van der Waals surface area contributed by atoms with Crippen LogP contribution in [0.3, 0.4) is 0 Å². The van der Waals surface area contributed by atoms with Gasteiger partial charge < -0.3 is 9.13 Å². The topological polar surface area (TPSA) is 48.5 Å². The van der Waals surface area contributed by atoms with E-state index >= 15 is 0 Å². The van der Waals surface area contributed by atoms with Crippen LogP contribution in [0.5, 0.6) is 0 Å². The standard InChI is InChI=1S/C53H31F6N5/c54-52(55,56)36-27-35(28-37(30-36)53(57,58)59)34-23-25-43(51-61-49(32-13-3-1-4-14-32)60-50(62-51)33-15-5-2-6-16-33)47(29-34)64-46-22-12-9-19-41(46)42-26-24-38(31-48(42)64)63-44-20-10-7-17-39(44)40-18-8-11-21-45(40)63/h1-31H. The molecule has 0 saturated carbocycles. The molecule has 310 valence electrons. The molecule has 0 saturated heterocycles. The van der Waals surface area contributed by atoms with E-state index in [-0.39, 0.29) is 23.0 Å². The molecule has 0 atom stereocenters. The Morgan fingerprint density at radius 3 is 1.30 bits per heavy atom. The van der Waals surface area contributed by atoms with Crippen molar-refractivity contribution >= 4 is 43.6 Å². The van der Waals surface area contributed by atoms with Crippen molar-refractivity contribution in [1.82, 2.24) is 24.1 Å². The second kappa shape index (κ2) is 14.8. The summed E-state index contributed by atoms with van der Waals surface area (Å²) in [5.41, 5.74) is 3.69. The number of benzene rings is 8. The highest BCUT2D eigenvalue weighted by atomic mass is 19.4. The third-order valence-electron chi connectivity index (χ3n) is 11.6. The van der Waals surface area contributed by atoms with Crippen molar-refractivity contribution in [2.75, 3.05) is 0 Å². The summed E-state index contributed by atoms with van der Waals surface area (Å²) >= 11 is 0. The largest absolute Gasteiger partial charge is 0.416 e. The maximum atomic E-state index is 14.3. The van der Waals surface area contributed by atoms with Gasteiger partial charge in [0.1, 0.15) is 0 Å². The first-order chi connectivity index (χ1) is 31.0. The number of halogens is 6. The highest BCUT2D eigenvalue weighted by Crippen LogP contribution is 2.43. The van der Waals surface area contributed by atoms with Gasteiger partial charge in [0.05, 0.1) is 38.9 Å². The molecule has 11 aromatic rings. The summed E-state index contributed by atoms with van der Waals surface area (Å²) < 4.78 is 90.0. The zero-order chi connectivity index (χ0) is 43.7. The summed E-state index contributed by atoms with van der Waals surface area (Å²) in [7, 11) is 0. The second-order valence-corrected chi connectivity index (χ2v) is 15.5. The molecule has 0 aliphatic rings. The molecule has 0 spiro atoms. The van der Waals surface area contributed by atoms with Crippen molar-refractivity contribution in [2.24, 2.45) is 0 Å². The van der Waals surface area contributed by atoms with Gasteiger partial charge in [0, 0.05) is 43.9 Å². The third kappa shape index (κ3) is 6.64. The van der Waals surface area contributed by atoms with E-state index in [1.165, 1.54) is 6.07 Å². The monoisotopic (exact) mass is 851 g/mol. The van der Waals surface area contributed by atoms with E-state index < -0.39 is 23.5 Å². The number of para-hydroxylation sites is 3. The molecule has 0 N–H and O–H groups in total. The summed E-state index contributed by atoms with van der Waals surface area (Å²) in [5.74, 6) is 1.00. The van der Waals surface area contributed by atoms with Crippen LogP contribution < -0.4 is 0 Å². The molecule has 8 aromatic carbocycles. The lowest BCUT2D eigenvalue weighted by molar-refractivity contribution is -0.143. The molecular weight excluding hydrogens is 821 g/mol. The average molecular weight is 852 g/mol. The molecule has 11 heteroatoms. The maximum Gasteiger partial charge on any atom is 0.416 e. The van der Waals surface area contributed by atoms with E-state index in [0.717, 1.165) is 72.6 Å². The van der Waals surface area contributed by atoms with Crippen LogP contribution in [-0.4, -0.2) is 24.1 Å². The second-order valence-electron chi connectivity index (χ2n) is 15.5. The van der Waals surface area contributed by atoms with Gasteiger partial charge in [0.15, 0.2) is 17.5 Å². The van der Waals surface area contributed by atoms with Gasteiger partial charge in [-0.15, -0.1) is 0 Å². The molecule has 3 heterocycles. The summed E-state index contributed by atoms with van der Waals surface area (Å²) in [5, 5.41) is 3.91. The van der Waals surface area contributed by atoms with Gasteiger partial charge in [0.25, 0.3) is 0 Å². The van der Waals surface area contributed by atoms with Crippen molar-refractivity contribution in [3.8, 4) is 56.7 Å². The summed E-state index contributed by atoms with van der Waals surface area (Å²) in [6, 6.07) is 55.4. The van der Waals surface area contributed by atoms with Crippen molar-refractivity contribution in [1.29, 1.82) is 0 Å². The van der Waals surface area contributed by atoms with Gasteiger partial charge in [-0.1, -0.05) is 127 Å². The fourth-order valence-electron chi connectivity index (χ4n) is 8.69. The van der Waals surface area contributed by atoms with Crippen LogP contribution in [0, 0.1) is 0 Å². The van der Waals surface area contributed by atoms with Crippen LogP contribution in [0.4, 0.5) is 26.3 Å². The van der Waals surface area contributed by atoms with E-state index in [1.54, 1.807) is 12.1 Å². The van der Waals surface area contributed by atoms with E-state index in [0.29, 0.717) is 22.9 Å². The van der Waals surface area contributed by atoms with Gasteiger partial charge >= 0.3 is 12.4 Å². The summed E-state index contributed by atoms with van der Waals surface area (Å²) in [6.45, 7) is 0. The number of hydrogen-bond donors (Lipinski definition) is 0. The molecule has 0 unspecified atom stereocenters. The van der Waals surface area contributed by atoms with Crippen molar-refractivity contribution < 1.29 is 26.3 Å². The van der Waals surface area contributed by atoms with Gasteiger partial charge in [-0.2, -0.15) is 26.3 Å². The lowest BCUT2D eigenvalue weighted by Crippen LogP contribution is -2.11. The Bertz CT molecular complexity index is 3450. The van der Waals surface area contributed by atoms with Crippen LogP contribution >= 0.6 is 0 Å². The molecular formula is C53H31F6N5. The van der Waals surface area contributed by atoms with Gasteiger partial charge in [-0.05, 0) is 71.8 Å². The number of nitrogens with zero attached hydrogens (tertiary/aromatic N) is 5. The third-order valence-corrected chi connectivity index (χ3v) is 11.6. The highest BCUT2D eigenvalue weighted by Gasteiger charge is 2.37. The van der Waals surface area contributed by atoms with E-state index in [2.05, 4.69) is 41.0 Å². The molecule has 0 radical (unpaired) electrons. The molecule has 11 rings (SSSR count). The predicted molar refractivity (Wildman–Crippen MR) is 240 cm³/mol. The molecule has 0 aliphatic heterocycles. The molecule has 0 aliphatic carbocycles. The lowest BCUT2D eigenvalue weighted by atomic mass is 9.97. The fraction of sp³-hybridized carbons (Fsp3) is 0.0377. The smallest absolute Gasteiger partial charge is 0.309 e. The van der Waals surface area contributed by atoms with Crippen molar-refractivity contribution in [2.45, 2.75) is 12.4 Å². The van der Waals surface area contributed by atoms with E-state index in [4.69, 9.17) is 15.0 Å². The molecule has 5 nitrogen and oxygen atoms in total. The van der Waals surface area contributed by atoms with Crippen LogP contribution in [-0.2, 0) is 12.4 Å². The predicted octanol–water partition coefficient (Wildman–Crippen LogP) is 14.8. The van der Waals surface area contributed by atoms with Gasteiger partial charge in [0.2, 0.25) is 0 Å². The zero-order valence-electron chi connectivity index (χ0n) is 33.4. The van der Waals surface area contributed by atoms with Gasteiger partial charge in [-0.25, -0.2) is 15.0 Å². The number of fused-ring (bicyclic) bond motifs is 6. The Hall–Kier alpha value is -8.05. The Kier molecular flexibility index (Phi) is 8.98.